The Morgan fingerprint density at radius 1 is 0.407 bits per heavy atom. The number of para-hydroxylation sites is 2. The van der Waals surface area contributed by atoms with Crippen LogP contribution in [-0.4, -0.2) is 4.57 Å². The Morgan fingerprint density at radius 2 is 0.966 bits per heavy atom. The molecule has 0 aliphatic carbocycles. The van der Waals surface area contributed by atoms with Gasteiger partial charge in [-0.05, 0) is 111 Å². The van der Waals surface area contributed by atoms with Gasteiger partial charge in [0.25, 0.3) is 0 Å². The van der Waals surface area contributed by atoms with E-state index in [4.69, 9.17) is 4.42 Å². The molecule has 0 saturated carbocycles. The highest BCUT2D eigenvalue weighted by molar-refractivity contribution is 6.19. The fourth-order valence-corrected chi connectivity index (χ4v) is 8.82. The summed E-state index contributed by atoms with van der Waals surface area (Å²) in [6.45, 7) is 0. The fraction of sp³-hybridized carbons (Fsp3) is 0. The van der Waals surface area contributed by atoms with Crippen molar-refractivity contribution >= 4 is 82.4 Å². The van der Waals surface area contributed by atoms with Crippen LogP contribution in [0.15, 0.2) is 223 Å². The van der Waals surface area contributed by atoms with Crippen LogP contribution in [0, 0.1) is 0 Å². The van der Waals surface area contributed by atoms with Crippen LogP contribution in [0.3, 0.4) is 0 Å². The summed E-state index contributed by atoms with van der Waals surface area (Å²) in [5, 5.41) is 8.12. The molecule has 0 bridgehead atoms. The van der Waals surface area contributed by atoms with E-state index in [-0.39, 0.29) is 35.5 Å². The van der Waals surface area contributed by atoms with Gasteiger partial charge in [-0.15, -0.1) is 0 Å². The van der Waals surface area contributed by atoms with Gasteiger partial charge in [-0.1, -0.05) is 146 Å². The van der Waals surface area contributed by atoms with Gasteiger partial charge in [-0.3, -0.25) is 0 Å². The molecule has 0 unspecified atom stereocenters. The molecule has 59 heavy (non-hydrogen) atoms. The first-order valence-corrected chi connectivity index (χ1v) is 19.8. The Morgan fingerprint density at radius 3 is 1.68 bits per heavy atom. The molecule has 2 aromatic heterocycles. The zero-order valence-electron chi connectivity index (χ0n) is 35.8. The molecular weight excluding hydrogens is 717 g/mol. The minimum Gasteiger partial charge on any atom is -0.455 e. The van der Waals surface area contributed by atoms with E-state index in [2.05, 4.69) is 103 Å². The van der Waals surface area contributed by atoms with Crippen molar-refractivity contribution in [1.29, 1.82) is 0 Å². The van der Waals surface area contributed by atoms with Crippen LogP contribution in [0.4, 0.5) is 17.1 Å². The minimum absolute atomic E-state index is 0.138. The van der Waals surface area contributed by atoms with Gasteiger partial charge in [0.15, 0.2) is 0 Å². The van der Waals surface area contributed by atoms with Gasteiger partial charge in [0.05, 0.1) is 27.6 Å². The quantitative estimate of drug-likeness (QED) is 0.168. The summed E-state index contributed by atoms with van der Waals surface area (Å²) >= 11 is 0. The van der Waals surface area contributed by atoms with Gasteiger partial charge in [0, 0.05) is 38.6 Å². The number of rotatable bonds is 6. The predicted octanol–water partition coefficient (Wildman–Crippen LogP) is 15.8. The molecule has 0 atom stereocenters. The van der Waals surface area contributed by atoms with E-state index in [9.17, 15) is 5.48 Å². The normalized spacial score (nSPS) is 12.7. The van der Waals surface area contributed by atoms with Gasteiger partial charge >= 0.3 is 0 Å². The van der Waals surface area contributed by atoms with Crippen molar-refractivity contribution in [1.82, 2.24) is 4.57 Å². The molecule has 0 aliphatic rings. The Kier molecular flexibility index (Phi) is 6.65. The number of aromatic nitrogens is 1. The standard InChI is InChI=1S/C56H36N2O/c1-2-12-42-36-43(25-24-37(42)10-1)40-22-20-38(21-23-40)39-26-29-44(30-27-39)57(53-18-9-19-54-55(53)50-35-28-41-11-3-4-13-47(41)56(50)59-54)45-31-33-46(34-32-45)58-51-16-7-5-14-48(51)49-15-6-8-17-52(49)58/h1-36H/i31D,32D,33D,34D. The lowest BCUT2D eigenvalue weighted by Gasteiger charge is -2.27. The Balaban J connectivity index is 1.04. The van der Waals surface area contributed by atoms with Gasteiger partial charge in [-0.2, -0.15) is 0 Å². The number of benzene rings is 10. The van der Waals surface area contributed by atoms with Crippen molar-refractivity contribution in [3.05, 3.63) is 218 Å². The molecule has 3 heteroatoms. The van der Waals surface area contributed by atoms with E-state index in [1.165, 1.54) is 10.8 Å². The van der Waals surface area contributed by atoms with Crippen LogP contribution < -0.4 is 4.90 Å². The number of hydrogen-bond donors (Lipinski definition) is 0. The Bertz CT molecular complexity index is 3710. The monoisotopic (exact) mass is 756 g/mol. The minimum atomic E-state index is -0.156. The average molecular weight is 757 g/mol. The lowest BCUT2D eigenvalue weighted by Crippen LogP contribution is -2.10. The lowest BCUT2D eigenvalue weighted by molar-refractivity contribution is 0.672. The summed E-state index contributed by atoms with van der Waals surface area (Å²) in [6, 6.07) is 65.0. The maximum Gasteiger partial charge on any atom is 0.143 e. The highest BCUT2D eigenvalue weighted by Crippen LogP contribution is 2.45. The van der Waals surface area contributed by atoms with E-state index in [0.29, 0.717) is 17.0 Å². The fourth-order valence-electron chi connectivity index (χ4n) is 8.82. The number of anilines is 3. The maximum absolute atomic E-state index is 9.81. The molecule has 3 nitrogen and oxygen atoms in total. The van der Waals surface area contributed by atoms with Gasteiger partial charge in [0.2, 0.25) is 0 Å². The average Bonchev–Trinajstić information content (AvgIpc) is 3.89. The number of fused-ring (bicyclic) bond motifs is 9. The molecule has 0 amide bonds. The molecule has 12 aromatic rings. The number of furan rings is 1. The van der Waals surface area contributed by atoms with E-state index in [1.54, 1.807) is 0 Å². The highest BCUT2D eigenvalue weighted by Gasteiger charge is 2.21. The Labute approximate surface area is 346 Å². The summed E-state index contributed by atoms with van der Waals surface area (Å²) in [4.78, 5) is 1.87. The van der Waals surface area contributed by atoms with Crippen molar-refractivity contribution in [3.8, 4) is 27.9 Å². The van der Waals surface area contributed by atoms with Crippen LogP contribution >= 0.6 is 0 Å². The van der Waals surface area contributed by atoms with Crippen LogP contribution in [0.25, 0.3) is 93.2 Å². The van der Waals surface area contributed by atoms with Crippen molar-refractivity contribution < 1.29 is 9.90 Å². The first kappa shape index (κ1) is 29.4. The van der Waals surface area contributed by atoms with Gasteiger partial charge in [0.1, 0.15) is 11.2 Å². The van der Waals surface area contributed by atoms with Crippen LogP contribution in [0.5, 0.6) is 0 Å². The molecule has 0 N–H and O–H groups in total. The topological polar surface area (TPSA) is 21.3 Å². The van der Waals surface area contributed by atoms with Gasteiger partial charge in [-0.25, -0.2) is 0 Å². The third-order valence-electron chi connectivity index (χ3n) is 11.7. The number of nitrogens with zero attached hydrogens (tertiary/aromatic N) is 2. The summed E-state index contributed by atoms with van der Waals surface area (Å²) in [6.07, 6.45) is 0. The summed E-state index contributed by atoms with van der Waals surface area (Å²) < 4.78 is 47.5. The predicted molar refractivity (Wildman–Crippen MR) is 249 cm³/mol. The van der Waals surface area contributed by atoms with Crippen LogP contribution in [-0.2, 0) is 0 Å². The first-order valence-electron chi connectivity index (χ1n) is 21.8. The highest BCUT2D eigenvalue weighted by atomic mass is 16.3. The largest absolute Gasteiger partial charge is 0.455 e. The molecule has 10 aromatic carbocycles. The molecule has 0 fully saturated rings. The summed E-state index contributed by atoms with van der Waals surface area (Å²) in [5.74, 6) is 0. The van der Waals surface area contributed by atoms with Crippen molar-refractivity contribution in [2.24, 2.45) is 0 Å². The van der Waals surface area contributed by atoms with E-state index >= 15 is 0 Å². The second kappa shape index (κ2) is 13.4. The van der Waals surface area contributed by atoms with E-state index in [0.717, 1.165) is 71.2 Å². The lowest BCUT2D eigenvalue weighted by atomic mass is 9.98. The third-order valence-corrected chi connectivity index (χ3v) is 11.7. The van der Waals surface area contributed by atoms with Crippen LogP contribution in [0.1, 0.15) is 5.48 Å². The Hall–Kier alpha value is -7.88. The van der Waals surface area contributed by atoms with Crippen molar-refractivity contribution in [3.63, 3.8) is 0 Å². The zero-order valence-corrected chi connectivity index (χ0v) is 31.8. The molecule has 0 aliphatic heterocycles. The van der Waals surface area contributed by atoms with E-state index in [1.807, 2.05) is 100 Å². The molecule has 276 valence electrons. The molecule has 0 radical (unpaired) electrons. The molecule has 12 rings (SSSR count). The molecule has 0 spiro atoms. The maximum atomic E-state index is 9.81. The van der Waals surface area contributed by atoms with Gasteiger partial charge < -0.3 is 13.9 Å². The van der Waals surface area contributed by atoms with E-state index < -0.39 is 0 Å². The summed E-state index contributed by atoms with van der Waals surface area (Å²) in [5.41, 5.74) is 9.07. The third kappa shape index (κ3) is 5.44. The molecular formula is C56H36N2O. The van der Waals surface area contributed by atoms with Crippen molar-refractivity contribution in [2.75, 3.05) is 4.90 Å². The first-order chi connectivity index (χ1) is 30.9. The molecule has 2 heterocycles. The summed E-state index contributed by atoms with van der Waals surface area (Å²) in [7, 11) is 0. The molecule has 0 saturated heterocycles. The second-order valence-electron chi connectivity index (χ2n) is 15.0. The zero-order chi connectivity index (χ0) is 42.3. The number of hydrogen-bond acceptors (Lipinski definition) is 2. The van der Waals surface area contributed by atoms with Crippen LogP contribution in [0.2, 0.25) is 0 Å². The smallest absolute Gasteiger partial charge is 0.143 e. The van der Waals surface area contributed by atoms with Crippen molar-refractivity contribution in [2.45, 2.75) is 0 Å². The SMILES string of the molecule is [2H]c1c([2H])c(-n2c3ccccc3c3ccccc32)c([2H])c([2H])c1N(c1ccc(-c2ccc(-c3ccc4ccccc4c3)cc2)cc1)c1cccc2oc3c4ccccc4ccc3c12. The second-order valence-corrected chi connectivity index (χ2v) is 15.0.